The molecule has 1 aromatic rings. The minimum atomic E-state index is -0.349. The van der Waals surface area contributed by atoms with Crippen LogP contribution in [0.3, 0.4) is 0 Å². The van der Waals surface area contributed by atoms with Crippen LogP contribution in [0.4, 0.5) is 0 Å². The molecule has 0 aliphatic rings. The fourth-order valence-corrected chi connectivity index (χ4v) is 1.20. The molecule has 0 saturated heterocycles. The zero-order valence-corrected chi connectivity index (χ0v) is 6.99. The summed E-state index contributed by atoms with van der Waals surface area (Å²) in [6.45, 7) is 0. The number of aromatic amines is 2. The highest BCUT2D eigenvalue weighted by Gasteiger charge is 2.03. The predicted octanol–water partition coefficient (Wildman–Crippen LogP) is 0.314. The van der Waals surface area contributed by atoms with E-state index < -0.39 is 0 Å². The van der Waals surface area contributed by atoms with Crippen LogP contribution in [0.5, 0.6) is 5.88 Å². The molecule has 0 aliphatic heterocycles. The molecule has 0 saturated carbocycles. The standard InChI is InChI=1S/C6H10N2O2S/c1-11-3-2-4-5(9)8-6(10)7-4/h9H,2-3H2,1H3,(H2,7,8,10). The number of hydrogen-bond donors (Lipinski definition) is 3. The van der Waals surface area contributed by atoms with E-state index in [2.05, 4.69) is 9.97 Å². The molecular formula is C6H10N2O2S. The molecule has 11 heavy (non-hydrogen) atoms. The summed E-state index contributed by atoms with van der Waals surface area (Å²) in [5.41, 5.74) is 0.239. The average molecular weight is 174 g/mol. The molecule has 0 fully saturated rings. The van der Waals surface area contributed by atoms with Gasteiger partial charge in [-0.3, -0.25) is 4.98 Å². The van der Waals surface area contributed by atoms with Gasteiger partial charge in [0.1, 0.15) is 0 Å². The van der Waals surface area contributed by atoms with E-state index in [1.54, 1.807) is 11.8 Å². The van der Waals surface area contributed by atoms with Crippen LogP contribution in [0, 0.1) is 0 Å². The van der Waals surface area contributed by atoms with E-state index >= 15 is 0 Å². The third-order valence-corrected chi connectivity index (χ3v) is 1.95. The van der Waals surface area contributed by atoms with Crippen molar-refractivity contribution >= 4 is 11.8 Å². The molecule has 0 amide bonds. The maximum absolute atomic E-state index is 10.6. The van der Waals surface area contributed by atoms with Gasteiger partial charge in [-0.1, -0.05) is 0 Å². The highest BCUT2D eigenvalue weighted by Crippen LogP contribution is 2.09. The van der Waals surface area contributed by atoms with Crippen LogP contribution in [-0.4, -0.2) is 27.1 Å². The Labute approximate surface area is 68.0 Å². The van der Waals surface area contributed by atoms with Gasteiger partial charge in [-0.2, -0.15) is 11.8 Å². The maximum atomic E-state index is 10.6. The lowest BCUT2D eigenvalue weighted by atomic mass is 10.4. The molecule has 0 atom stereocenters. The van der Waals surface area contributed by atoms with Crippen molar-refractivity contribution in [2.75, 3.05) is 12.0 Å². The van der Waals surface area contributed by atoms with Crippen LogP contribution in [0.25, 0.3) is 0 Å². The molecule has 0 aromatic carbocycles. The highest BCUT2D eigenvalue weighted by molar-refractivity contribution is 7.98. The lowest BCUT2D eigenvalue weighted by Gasteiger charge is -1.93. The first kappa shape index (κ1) is 8.26. The second-order valence-electron chi connectivity index (χ2n) is 2.15. The van der Waals surface area contributed by atoms with E-state index in [0.717, 1.165) is 5.75 Å². The first-order chi connectivity index (χ1) is 5.24. The largest absolute Gasteiger partial charge is 0.493 e. The maximum Gasteiger partial charge on any atom is 0.325 e. The second-order valence-corrected chi connectivity index (χ2v) is 3.13. The van der Waals surface area contributed by atoms with Gasteiger partial charge in [0, 0.05) is 6.42 Å². The van der Waals surface area contributed by atoms with Crippen LogP contribution in [0.2, 0.25) is 0 Å². The Morgan fingerprint density at radius 3 is 2.73 bits per heavy atom. The van der Waals surface area contributed by atoms with Gasteiger partial charge >= 0.3 is 5.69 Å². The van der Waals surface area contributed by atoms with Crippen molar-refractivity contribution in [1.82, 2.24) is 9.97 Å². The zero-order chi connectivity index (χ0) is 8.27. The van der Waals surface area contributed by atoms with Crippen LogP contribution in [0.1, 0.15) is 5.69 Å². The van der Waals surface area contributed by atoms with Crippen molar-refractivity contribution < 1.29 is 5.11 Å². The molecule has 3 N–H and O–H groups in total. The average Bonchev–Trinajstić information content (AvgIpc) is 2.26. The van der Waals surface area contributed by atoms with E-state index in [9.17, 15) is 4.79 Å². The van der Waals surface area contributed by atoms with Gasteiger partial charge in [0.25, 0.3) is 0 Å². The number of rotatable bonds is 3. The predicted molar refractivity (Wildman–Crippen MR) is 45.2 cm³/mol. The van der Waals surface area contributed by atoms with Gasteiger partial charge in [0.2, 0.25) is 5.88 Å². The lowest BCUT2D eigenvalue weighted by molar-refractivity contribution is 0.449. The van der Waals surface area contributed by atoms with Crippen molar-refractivity contribution in [3.8, 4) is 5.88 Å². The van der Waals surface area contributed by atoms with E-state index in [-0.39, 0.29) is 11.6 Å². The number of H-pyrrole nitrogens is 2. The van der Waals surface area contributed by atoms with Crippen molar-refractivity contribution in [3.05, 3.63) is 16.2 Å². The summed E-state index contributed by atoms with van der Waals surface area (Å²) in [5, 5.41) is 9.06. The van der Waals surface area contributed by atoms with Gasteiger partial charge in [0.05, 0.1) is 5.69 Å². The number of nitrogens with one attached hydrogen (secondary N) is 2. The fourth-order valence-electron chi connectivity index (χ4n) is 0.796. The quantitative estimate of drug-likeness (QED) is 0.618. The molecule has 1 heterocycles. The number of aromatic nitrogens is 2. The van der Waals surface area contributed by atoms with Crippen molar-refractivity contribution in [1.29, 1.82) is 0 Å². The molecule has 4 nitrogen and oxygen atoms in total. The van der Waals surface area contributed by atoms with Crippen molar-refractivity contribution in [2.24, 2.45) is 0 Å². The van der Waals surface area contributed by atoms with Gasteiger partial charge in [-0.05, 0) is 12.0 Å². The molecule has 0 unspecified atom stereocenters. The molecule has 0 radical (unpaired) electrons. The summed E-state index contributed by atoms with van der Waals surface area (Å²) in [7, 11) is 0. The minimum Gasteiger partial charge on any atom is -0.493 e. The monoisotopic (exact) mass is 174 g/mol. The topological polar surface area (TPSA) is 68.9 Å². The molecule has 0 spiro atoms. The molecule has 1 rings (SSSR count). The Hall–Kier alpha value is -0.840. The van der Waals surface area contributed by atoms with Crippen molar-refractivity contribution in [3.63, 3.8) is 0 Å². The Morgan fingerprint density at radius 1 is 1.55 bits per heavy atom. The first-order valence-corrected chi connectivity index (χ1v) is 4.62. The van der Waals surface area contributed by atoms with E-state index in [1.165, 1.54) is 0 Å². The molecule has 0 aliphatic carbocycles. The first-order valence-electron chi connectivity index (χ1n) is 3.23. The van der Waals surface area contributed by atoms with E-state index in [1.807, 2.05) is 6.26 Å². The van der Waals surface area contributed by atoms with Crippen LogP contribution < -0.4 is 5.69 Å². The molecule has 62 valence electrons. The van der Waals surface area contributed by atoms with Gasteiger partial charge < -0.3 is 10.1 Å². The Bertz CT molecular complexity index is 278. The summed E-state index contributed by atoms with van der Waals surface area (Å²) < 4.78 is 0. The Balaban J connectivity index is 2.69. The fraction of sp³-hybridized carbons (Fsp3) is 0.500. The second kappa shape index (κ2) is 3.52. The Kier molecular flexibility index (Phi) is 2.64. The number of imidazole rings is 1. The summed E-state index contributed by atoms with van der Waals surface area (Å²) in [6, 6.07) is 0. The third-order valence-electron chi connectivity index (χ3n) is 1.34. The normalized spacial score (nSPS) is 10.3. The molecular weight excluding hydrogens is 164 g/mol. The summed E-state index contributed by atoms with van der Waals surface area (Å²) in [5.74, 6) is 0.852. The molecule has 0 bridgehead atoms. The summed E-state index contributed by atoms with van der Waals surface area (Å²) >= 11 is 1.67. The molecule has 1 aromatic heterocycles. The van der Waals surface area contributed by atoms with Gasteiger partial charge in [-0.15, -0.1) is 0 Å². The zero-order valence-electron chi connectivity index (χ0n) is 6.18. The van der Waals surface area contributed by atoms with Crippen LogP contribution in [0.15, 0.2) is 4.79 Å². The SMILES string of the molecule is CSCCc1[nH]c(=O)[nH]c1O. The highest BCUT2D eigenvalue weighted by atomic mass is 32.2. The Morgan fingerprint density at radius 2 is 2.27 bits per heavy atom. The number of hydrogen-bond acceptors (Lipinski definition) is 3. The van der Waals surface area contributed by atoms with Crippen LogP contribution >= 0.6 is 11.8 Å². The van der Waals surface area contributed by atoms with Gasteiger partial charge in [-0.25, -0.2) is 4.79 Å². The number of aryl methyl sites for hydroxylation is 1. The third kappa shape index (κ3) is 2.04. The summed E-state index contributed by atoms with van der Waals surface area (Å²) in [4.78, 5) is 15.4. The van der Waals surface area contributed by atoms with Gasteiger partial charge in [0.15, 0.2) is 0 Å². The van der Waals surface area contributed by atoms with E-state index in [0.29, 0.717) is 12.1 Å². The summed E-state index contributed by atoms with van der Waals surface area (Å²) in [6.07, 6.45) is 2.66. The number of thioether (sulfide) groups is 1. The number of aromatic hydroxyl groups is 1. The molecule has 5 heteroatoms. The van der Waals surface area contributed by atoms with Crippen molar-refractivity contribution in [2.45, 2.75) is 6.42 Å². The lowest BCUT2D eigenvalue weighted by Crippen LogP contribution is -2.01. The van der Waals surface area contributed by atoms with Crippen LogP contribution in [-0.2, 0) is 6.42 Å². The smallest absolute Gasteiger partial charge is 0.325 e. The van der Waals surface area contributed by atoms with E-state index in [4.69, 9.17) is 5.11 Å². The minimum absolute atomic E-state index is 0.0379.